The molecule has 1 aromatic rings. The van der Waals surface area contributed by atoms with Crippen LogP contribution in [0.15, 0.2) is 24.3 Å². The van der Waals surface area contributed by atoms with Crippen LogP contribution in [0.3, 0.4) is 0 Å². The fourth-order valence-electron chi connectivity index (χ4n) is 1.15. The first-order valence-corrected chi connectivity index (χ1v) is 3.42. The van der Waals surface area contributed by atoms with Gasteiger partial charge in [-0.1, -0.05) is 12.1 Å². The highest BCUT2D eigenvalue weighted by Crippen LogP contribution is 2.25. The summed E-state index contributed by atoms with van der Waals surface area (Å²) in [5.74, 6) is 2.09. The van der Waals surface area contributed by atoms with E-state index in [2.05, 4.69) is 16.4 Å². The molecule has 0 unspecified atom stereocenters. The van der Waals surface area contributed by atoms with Crippen molar-refractivity contribution in [3.63, 3.8) is 0 Å². The van der Waals surface area contributed by atoms with E-state index in [9.17, 15) is 0 Å². The zero-order chi connectivity index (χ0) is 7.68. The molecule has 0 saturated carbocycles. The summed E-state index contributed by atoms with van der Waals surface area (Å²) in [6, 6.07) is 7.76. The average molecular weight is 143 g/mol. The summed E-state index contributed by atoms with van der Waals surface area (Å²) in [7, 11) is 0. The Balaban J connectivity index is 2.35. The van der Waals surface area contributed by atoms with E-state index in [0.717, 1.165) is 11.4 Å². The molecule has 0 bridgehead atoms. The summed E-state index contributed by atoms with van der Waals surface area (Å²) < 4.78 is 0. The molecule has 0 saturated heterocycles. The monoisotopic (exact) mass is 143 g/mol. The first kappa shape index (κ1) is 6.11. The Morgan fingerprint density at radius 2 is 1.73 bits per heavy atom. The van der Waals surface area contributed by atoms with Crippen LogP contribution in [-0.2, 0) is 0 Å². The second-order valence-corrected chi connectivity index (χ2v) is 2.40. The second kappa shape index (κ2) is 2.20. The molecule has 2 N–H and O–H groups in total. The molecule has 1 heterocycles. The molecule has 1 aromatic carbocycles. The van der Waals surface area contributed by atoms with Gasteiger partial charge < -0.3 is 10.5 Å². The van der Waals surface area contributed by atoms with E-state index in [1.165, 1.54) is 0 Å². The van der Waals surface area contributed by atoms with Gasteiger partial charge in [0.05, 0.1) is 5.97 Å². The lowest BCUT2D eigenvalue weighted by Crippen LogP contribution is -2.25. The summed E-state index contributed by atoms with van der Waals surface area (Å²) in [6.07, 6.45) is 0. The minimum Gasteiger partial charge on any atom is -0.395 e. The molecule has 0 amide bonds. The molecule has 0 aromatic heterocycles. The third-order valence-electron chi connectivity index (χ3n) is 1.66. The average Bonchev–Trinajstić information content (AvgIpc) is 2.46. The molecule has 52 valence electrons. The Bertz CT molecular complexity index is 293. The Morgan fingerprint density at radius 3 is 2.18 bits per heavy atom. The van der Waals surface area contributed by atoms with E-state index in [1.54, 1.807) is 0 Å². The third kappa shape index (κ3) is 0.907. The molecule has 3 nitrogen and oxygen atoms in total. The molecule has 0 spiro atoms. The Hall–Kier alpha value is -1.63. The molecule has 1 aliphatic rings. The predicted molar refractivity (Wildman–Crippen MR) is 45.1 cm³/mol. The zero-order valence-electron chi connectivity index (χ0n) is 5.83. The Morgan fingerprint density at radius 1 is 1.18 bits per heavy atom. The van der Waals surface area contributed by atoms with Crippen LogP contribution in [-0.4, -0.2) is 6.98 Å². The van der Waals surface area contributed by atoms with E-state index < -0.39 is 0 Å². The topological polar surface area (TPSA) is 47.9 Å². The van der Waals surface area contributed by atoms with Gasteiger partial charge in [0.25, 0.3) is 0 Å². The van der Waals surface area contributed by atoms with Crippen LogP contribution in [0.5, 0.6) is 0 Å². The largest absolute Gasteiger partial charge is 0.491 e. The molecular weight excluding hydrogens is 137 g/mol. The number of fused-ring (bicyclic) bond motifs is 1. The van der Waals surface area contributed by atoms with E-state index in [1.807, 2.05) is 24.3 Å². The number of hydrogen-bond donors (Lipinski definition) is 2. The number of nitrogens with one attached hydrogen (secondary N) is 2. The van der Waals surface area contributed by atoms with Crippen molar-refractivity contribution in [2.45, 2.75) is 0 Å². The van der Waals surface area contributed by atoms with Crippen LogP contribution >= 0.6 is 0 Å². The maximum absolute atomic E-state index is 8.56. The Kier molecular flexibility index (Phi) is 1.22. The van der Waals surface area contributed by atoms with Gasteiger partial charge >= 0.3 is 6.98 Å². The zero-order valence-corrected chi connectivity index (χ0v) is 5.83. The number of nitriles is 1. The smallest absolute Gasteiger partial charge is 0.395 e. The van der Waals surface area contributed by atoms with Crippen molar-refractivity contribution in [1.29, 1.82) is 5.26 Å². The highest BCUT2D eigenvalue weighted by molar-refractivity contribution is 6.75. The fraction of sp³-hybridized carbons (Fsp3) is 0. The van der Waals surface area contributed by atoms with Gasteiger partial charge in [0, 0.05) is 11.4 Å². The van der Waals surface area contributed by atoms with Crippen LogP contribution in [0.1, 0.15) is 0 Å². The number of para-hydroxylation sites is 2. The molecule has 0 aliphatic carbocycles. The quantitative estimate of drug-likeness (QED) is 0.534. The van der Waals surface area contributed by atoms with Gasteiger partial charge in [0.2, 0.25) is 0 Å². The number of hydrogen-bond acceptors (Lipinski definition) is 3. The lowest BCUT2D eigenvalue weighted by molar-refractivity contribution is 1.55. The number of rotatable bonds is 0. The molecule has 0 fully saturated rings. The van der Waals surface area contributed by atoms with Crippen molar-refractivity contribution in [3.05, 3.63) is 24.3 Å². The van der Waals surface area contributed by atoms with Crippen LogP contribution in [0.25, 0.3) is 0 Å². The minimum absolute atomic E-state index is 0.271. The SMILES string of the molecule is N#CB1Nc2ccccc2N1. The molecule has 2 rings (SSSR count). The van der Waals surface area contributed by atoms with Crippen molar-refractivity contribution in [3.8, 4) is 5.97 Å². The first-order chi connectivity index (χ1) is 5.40. The summed E-state index contributed by atoms with van der Waals surface area (Å²) in [5.41, 5.74) is 2.00. The lowest BCUT2D eigenvalue weighted by atomic mass is 9.82. The number of anilines is 2. The van der Waals surface area contributed by atoms with Crippen molar-refractivity contribution >= 4 is 18.4 Å². The van der Waals surface area contributed by atoms with Crippen LogP contribution in [0.2, 0.25) is 0 Å². The molecule has 0 atom stereocenters. The van der Waals surface area contributed by atoms with Crippen LogP contribution < -0.4 is 10.5 Å². The molecule has 11 heavy (non-hydrogen) atoms. The van der Waals surface area contributed by atoms with E-state index in [0.29, 0.717) is 0 Å². The minimum atomic E-state index is -0.271. The lowest BCUT2D eigenvalue weighted by Gasteiger charge is -1.94. The van der Waals surface area contributed by atoms with Gasteiger partial charge in [-0.15, -0.1) is 0 Å². The number of benzene rings is 1. The van der Waals surface area contributed by atoms with Gasteiger partial charge in [0.1, 0.15) is 0 Å². The summed E-state index contributed by atoms with van der Waals surface area (Å²) in [4.78, 5) is 0. The highest BCUT2D eigenvalue weighted by atomic mass is 15.0. The van der Waals surface area contributed by atoms with E-state index in [4.69, 9.17) is 5.26 Å². The van der Waals surface area contributed by atoms with Gasteiger partial charge in [0.15, 0.2) is 0 Å². The highest BCUT2D eigenvalue weighted by Gasteiger charge is 2.23. The van der Waals surface area contributed by atoms with Gasteiger partial charge in [-0.2, -0.15) is 0 Å². The normalized spacial score (nSPS) is 12.8. The van der Waals surface area contributed by atoms with Crippen molar-refractivity contribution in [2.75, 3.05) is 10.5 Å². The van der Waals surface area contributed by atoms with Crippen molar-refractivity contribution in [1.82, 2.24) is 0 Å². The van der Waals surface area contributed by atoms with Crippen molar-refractivity contribution in [2.24, 2.45) is 0 Å². The maximum Gasteiger partial charge on any atom is 0.491 e. The summed E-state index contributed by atoms with van der Waals surface area (Å²) in [6.45, 7) is -0.271. The standard InChI is InChI=1S/C7H6BN3/c9-5-8-10-6-3-1-2-4-7(6)11-8/h1-4,10-11H. The first-order valence-electron chi connectivity index (χ1n) is 3.42. The predicted octanol–water partition coefficient (Wildman–Crippen LogP) is 1.07. The third-order valence-corrected chi connectivity index (χ3v) is 1.66. The number of nitrogens with zero attached hydrogens (tertiary/aromatic N) is 1. The van der Waals surface area contributed by atoms with Crippen LogP contribution in [0.4, 0.5) is 11.4 Å². The molecular formula is C7H6BN3. The molecule has 4 heteroatoms. The maximum atomic E-state index is 8.56. The molecule has 0 radical (unpaired) electrons. The van der Waals surface area contributed by atoms with Crippen LogP contribution in [0, 0.1) is 11.2 Å². The molecule has 1 aliphatic heterocycles. The summed E-state index contributed by atoms with van der Waals surface area (Å²) in [5, 5.41) is 14.6. The van der Waals surface area contributed by atoms with Gasteiger partial charge in [-0.05, 0) is 12.1 Å². The summed E-state index contributed by atoms with van der Waals surface area (Å²) >= 11 is 0. The van der Waals surface area contributed by atoms with Gasteiger partial charge in [-0.3, -0.25) is 0 Å². The van der Waals surface area contributed by atoms with Gasteiger partial charge in [-0.25, -0.2) is 5.26 Å². The second-order valence-electron chi connectivity index (χ2n) is 2.40. The van der Waals surface area contributed by atoms with Crippen molar-refractivity contribution < 1.29 is 0 Å². The van der Waals surface area contributed by atoms with E-state index in [-0.39, 0.29) is 6.98 Å². The fourth-order valence-corrected chi connectivity index (χ4v) is 1.15. The Labute approximate surface area is 65.2 Å². The van der Waals surface area contributed by atoms with E-state index >= 15 is 0 Å².